The van der Waals surface area contributed by atoms with Gasteiger partial charge in [0.05, 0.1) is 6.33 Å². The Bertz CT molecular complexity index is 434. The number of para-hydroxylation sites is 1. The summed E-state index contributed by atoms with van der Waals surface area (Å²) in [6.45, 7) is 4.20. The van der Waals surface area contributed by atoms with E-state index in [4.69, 9.17) is 0 Å². The van der Waals surface area contributed by atoms with Crippen molar-refractivity contribution in [2.24, 2.45) is 0 Å². The highest BCUT2D eigenvalue weighted by atomic mass is 15.0. The molecule has 1 aromatic carbocycles. The maximum Gasteiger partial charge on any atom is 0.0945 e. The number of imidazole rings is 1. The maximum absolute atomic E-state index is 4.03. The van der Waals surface area contributed by atoms with Crippen LogP contribution < -0.4 is 5.32 Å². The number of anilines is 1. The molecule has 0 aliphatic rings. The minimum absolute atomic E-state index is 0.995. The van der Waals surface area contributed by atoms with Crippen LogP contribution in [0.5, 0.6) is 0 Å². The van der Waals surface area contributed by atoms with Gasteiger partial charge >= 0.3 is 0 Å². The van der Waals surface area contributed by atoms with Crippen LogP contribution in [-0.4, -0.2) is 16.1 Å². The van der Waals surface area contributed by atoms with Gasteiger partial charge in [0.25, 0.3) is 0 Å². The smallest absolute Gasteiger partial charge is 0.0945 e. The van der Waals surface area contributed by atoms with Crippen LogP contribution in [0.2, 0.25) is 0 Å². The van der Waals surface area contributed by atoms with Gasteiger partial charge in [0.2, 0.25) is 0 Å². The Morgan fingerprint density at radius 1 is 1.29 bits per heavy atom. The normalized spacial score (nSPS) is 10.4. The first-order chi connectivity index (χ1) is 8.40. The van der Waals surface area contributed by atoms with Crippen LogP contribution in [0.25, 0.3) is 0 Å². The lowest BCUT2D eigenvalue weighted by molar-refractivity contribution is 0.660. The van der Waals surface area contributed by atoms with E-state index in [1.54, 1.807) is 0 Å². The van der Waals surface area contributed by atoms with Gasteiger partial charge in [0.1, 0.15) is 0 Å². The molecule has 17 heavy (non-hydrogen) atoms. The first-order valence-electron chi connectivity index (χ1n) is 6.17. The Morgan fingerprint density at radius 2 is 2.18 bits per heavy atom. The van der Waals surface area contributed by atoms with Gasteiger partial charge in [0, 0.05) is 31.2 Å². The molecule has 1 aromatic heterocycles. The summed E-state index contributed by atoms with van der Waals surface area (Å²) in [7, 11) is 0. The molecule has 0 aliphatic carbocycles. The molecule has 3 heteroatoms. The molecule has 0 aliphatic heterocycles. The first-order valence-corrected chi connectivity index (χ1v) is 6.17. The number of nitrogens with zero attached hydrogens (tertiary/aromatic N) is 2. The zero-order chi connectivity index (χ0) is 11.9. The van der Waals surface area contributed by atoms with Gasteiger partial charge in [-0.05, 0) is 24.5 Å². The molecule has 0 spiro atoms. The molecule has 0 saturated heterocycles. The molecule has 0 bridgehead atoms. The Balaban J connectivity index is 1.78. The van der Waals surface area contributed by atoms with Gasteiger partial charge in [-0.25, -0.2) is 4.98 Å². The Morgan fingerprint density at radius 3 is 2.94 bits per heavy atom. The first kappa shape index (κ1) is 11.7. The standard InChI is InChI=1S/C14H19N3/c1-2-13-6-3-4-7-14(13)16-8-5-10-17-11-9-15-12-17/h3-4,6-7,9,11-12,16H,2,5,8,10H2,1H3. The third kappa shape index (κ3) is 3.34. The molecule has 0 radical (unpaired) electrons. The SMILES string of the molecule is CCc1ccccc1NCCCn1ccnc1. The van der Waals surface area contributed by atoms with Crippen LogP contribution in [0.15, 0.2) is 43.0 Å². The zero-order valence-electron chi connectivity index (χ0n) is 10.3. The molecule has 0 saturated carbocycles. The lowest BCUT2D eigenvalue weighted by Crippen LogP contribution is -2.07. The molecule has 0 amide bonds. The van der Waals surface area contributed by atoms with Crippen molar-refractivity contribution in [3.8, 4) is 0 Å². The van der Waals surface area contributed by atoms with Crippen molar-refractivity contribution in [2.75, 3.05) is 11.9 Å². The van der Waals surface area contributed by atoms with Gasteiger partial charge in [-0.15, -0.1) is 0 Å². The summed E-state index contributed by atoms with van der Waals surface area (Å²) in [6.07, 6.45) is 7.86. The van der Waals surface area contributed by atoms with Crippen LogP contribution in [0.4, 0.5) is 5.69 Å². The summed E-state index contributed by atoms with van der Waals surface area (Å²) in [4.78, 5) is 4.03. The summed E-state index contributed by atoms with van der Waals surface area (Å²) in [5, 5.41) is 3.49. The molecule has 1 heterocycles. The Hall–Kier alpha value is -1.77. The van der Waals surface area contributed by atoms with Crippen LogP contribution in [0.3, 0.4) is 0 Å². The summed E-state index contributed by atoms with van der Waals surface area (Å²) in [5.74, 6) is 0. The van der Waals surface area contributed by atoms with Crippen molar-refractivity contribution < 1.29 is 0 Å². The van der Waals surface area contributed by atoms with Crippen molar-refractivity contribution in [3.05, 3.63) is 48.5 Å². The number of hydrogen-bond acceptors (Lipinski definition) is 2. The highest BCUT2D eigenvalue weighted by molar-refractivity contribution is 5.50. The van der Waals surface area contributed by atoms with Crippen molar-refractivity contribution in [3.63, 3.8) is 0 Å². The molecule has 2 rings (SSSR count). The van der Waals surface area contributed by atoms with Gasteiger partial charge in [0.15, 0.2) is 0 Å². The lowest BCUT2D eigenvalue weighted by atomic mass is 10.1. The van der Waals surface area contributed by atoms with Gasteiger partial charge in [-0.2, -0.15) is 0 Å². The zero-order valence-corrected chi connectivity index (χ0v) is 10.3. The van der Waals surface area contributed by atoms with E-state index in [2.05, 4.69) is 46.1 Å². The fourth-order valence-corrected chi connectivity index (χ4v) is 1.90. The number of aromatic nitrogens is 2. The monoisotopic (exact) mass is 229 g/mol. The van der Waals surface area contributed by atoms with Crippen LogP contribution in [0.1, 0.15) is 18.9 Å². The van der Waals surface area contributed by atoms with E-state index in [-0.39, 0.29) is 0 Å². The average Bonchev–Trinajstić information content (AvgIpc) is 2.88. The van der Waals surface area contributed by atoms with E-state index in [1.807, 2.05) is 18.7 Å². The maximum atomic E-state index is 4.03. The van der Waals surface area contributed by atoms with Gasteiger partial charge in [-0.1, -0.05) is 25.1 Å². The number of aryl methyl sites for hydroxylation is 2. The van der Waals surface area contributed by atoms with Crippen LogP contribution in [0, 0.1) is 0 Å². The molecule has 90 valence electrons. The second-order valence-corrected chi connectivity index (χ2v) is 4.09. The lowest BCUT2D eigenvalue weighted by Gasteiger charge is -2.10. The average molecular weight is 229 g/mol. The van der Waals surface area contributed by atoms with E-state index >= 15 is 0 Å². The molecular weight excluding hydrogens is 210 g/mol. The van der Waals surface area contributed by atoms with Gasteiger partial charge in [-0.3, -0.25) is 0 Å². The molecule has 1 N–H and O–H groups in total. The predicted molar refractivity (Wildman–Crippen MR) is 71.2 cm³/mol. The molecular formula is C14H19N3. The fraction of sp³-hybridized carbons (Fsp3) is 0.357. The minimum atomic E-state index is 0.995. The largest absolute Gasteiger partial charge is 0.385 e. The summed E-state index contributed by atoms with van der Waals surface area (Å²) >= 11 is 0. The molecule has 3 nitrogen and oxygen atoms in total. The Labute approximate surface area is 103 Å². The van der Waals surface area contributed by atoms with E-state index in [9.17, 15) is 0 Å². The highest BCUT2D eigenvalue weighted by Gasteiger charge is 1.98. The number of nitrogens with one attached hydrogen (secondary N) is 1. The van der Waals surface area contributed by atoms with E-state index in [1.165, 1.54) is 11.3 Å². The van der Waals surface area contributed by atoms with Crippen molar-refractivity contribution in [1.82, 2.24) is 9.55 Å². The number of hydrogen-bond donors (Lipinski definition) is 1. The number of rotatable bonds is 6. The molecule has 0 fully saturated rings. The molecule has 0 unspecified atom stereocenters. The van der Waals surface area contributed by atoms with E-state index < -0.39 is 0 Å². The second-order valence-electron chi connectivity index (χ2n) is 4.09. The summed E-state index contributed by atoms with van der Waals surface area (Å²) < 4.78 is 2.10. The number of benzene rings is 1. The third-order valence-corrected chi connectivity index (χ3v) is 2.87. The van der Waals surface area contributed by atoms with E-state index in [0.29, 0.717) is 0 Å². The van der Waals surface area contributed by atoms with Crippen LogP contribution >= 0.6 is 0 Å². The molecule has 2 aromatic rings. The van der Waals surface area contributed by atoms with Gasteiger partial charge < -0.3 is 9.88 Å². The highest BCUT2D eigenvalue weighted by Crippen LogP contribution is 2.15. The van der Waals surface area contributed by atoms with E-state index in [0.717, 1.165) is 25.9 Å². The summed E-state index contributed by atoms with van der Waals surface area (Å²) in [6, 6.07) is 8.50. The van der Waals surface area contributed by atoms with Crippen LogP contribution in [-0.2, 0) is 13.0 Å². The predicted octanol–water partition coefficient (Wildman–Crippen LogP) is 2.95. The van der Waals surface area contributed by atoms with Crippen molar-refractivity contribution >= 4 is 5.69 Å². The van der Waals surface area contributed by atoms with Crippen molar-refractivity contribution in [1.29, 1.82) is 0 Å². The Kier molecular flexibility index (Phi) is 4.19. The minimum Gasteiger partial charge on any atom is -0.385 e. The third-order valence-electron chi connectivity index (χ3n) is 2.87. The fourth-order valence-electron chi connectivity index (χ4n) is 1.90. The topological polar surface area (TPSA) is 29.9 Å². The molecule has 0 atom stereocenters. The summed E-state index contributed by atoms with van der Waals surface area (Å²) in [5.41, 5.74) is 2.65. The second kappa shape index (κ2) is 6.09. The quantitative estimate of drug-likeness (QED) is 0.772. The van der Waals surface area contributed by atoms with Crippen molar-refractivity contribution in [2.45, 2.75) is 26.3 Å².